The van der Waals surface area contributed by atoms with E-state index in [1.807, 2.05) is 31.2 Å². The molecule has 9 heteroatoms. The van der Waals surface area contributed by atoms with Crippen molar-refractivity contribution in [2.75, 3.05) is 11.9 Å². The smallest absolute Gasteiger partial charge is 0.453 e. The number of hydrogen-bond donors (Lipinski definition) is 1. The van der Waals surface area contributed by atoms with E-state index < -0.39 is 35.6 Å². The lowest BCUT2D eigenvalue weighted by atomic mass is 10.1. The molecule has 198 valence electrons. The van der Waals surface area contributed by atoms with Gasteiger partial charge in [0, 0.05) is 11.8 Å². The quantitative estimate of drug-likeness (QED) is 0.237. The van der Waals surface area contributed by atoms with Gasteiger partial charge in [-0.15, -0.1) is 0 Å². The molecular weight excluding hydrogens is 511 g/mol. The summed E-state index contributed by atoms with van der Waals surface area (Å²) in [5, 5.41) is 4.21. The summed E-state index contributed by atoms with van der Waals surface area (Å²) in [5.74, 6) is -2.87. The van der Waals surface area contributed by atoms with E-state index in [-0.39, 0.29) is 22.5 Å². The number of hydrogen-bond acceptors (Lipinski definition) is 5. The Morgan fingerprint density at radius 2 is 1.62 bits per heavy atom. The third kappa shape index (κ3) is 5.57. The minimum Gasteiger partial charge on any atom is -0.484 e. The van der Waals surface area contributed by atoms with Crippen molar-refractivity contribution < 1.29 is 31.9 Å². The number of para-hydroxylation sites is 1. The first-order valence-electron chi connectivity index (χ1n) is 12.1. The number of rotatable bonds is 7. The van der Waals surface area contributed by atoms with Gasteiger partial charge in [-0.25, -0.2) is 0 Å². The second kappa shape index (κ2) is 10.5. The van der Waals surface area contributed by atoms with E-state index in [2.05, 4.69) is 5.32 Å². The van der Waals surface area contributed by atoms with Crippen molar-refractivity contribution in [1.82, 2.24) is 0 Å². The van der Waals surface area contributed by atoms with Crippen LogP contribution in [0.4, 0.5) is 18.9 Å². The molecule has 1 aromatic heterocycles. The molecule has 0 aliphatic carbocycles. The van der Waals surface area contributed by atoms with Gasteiger partial charge >= 0.3 is 6.18 Å². The average molecular weight is 534 g/mol. The maximum absolute atomic E-state index is 13.9. The standard InChI is InChI=1S/C30H22F3NO5/c1-2-18-7-5-6-10-24(18)34-26(35)17-37-21-13-14-23-25(16-21)39-29(30(31,32)33)28(27(23)36)38-22-12-11-19-8-3-4-9-20(19)15-22/h3-16H,2,17H2,1H3,(H,34,35). The topological polar surface area (TPSA) is 77.8 Å². The van der Waals surface area contributed by atoms with Crippen LogP contribution in [-0.2, 0) is 17.4 Å². The van der Waals surface area contributed by atoms with Gasteiger partial charge in [0.1, 0.15) is 17.1 Å². The van der Waals surface area contributed by atoms with E-state index >= 15 is 0 Å². The molecular formula is C30H22F3NO5. The molecule has 0 aliphatic rings. The molecule has 0 spiro atoms. The summed E-state index contributed by atoms with van der Waals surface area (Å²) < 4.78 is 57.9. The number of fused-ring (bicyclic) bond motifs is 2. The summed E-state index contributed by atoms with van der Waals surface area (Å²) in [4.78, 5) is 25.5. The molecule has 39 heavy (non-hydrogen) atoms. The van der Waals surface area contributed by atoms with Crippen LogP contribution < -0.4 is 20.2 Å². The number of ether oxygens (including phenoxy) is 2. The van der Waals surface area contributed by atoms with Crippen molar-refractivity contribution >= 4 is 33.3 Å². The highest BCUT2D eigenvalue weighted by Gasteiger charge is 2.40. The highest BCUT2D eigenvalue weighted by atomic mass is 19.4. The third-order valence-corrected chi connectivity index (χ3v) is 6.06. The van der Waals surface area contributed by atoms with Crippen molar-refractivity contribution in [2.24, 2.45) is 0 Å². The molecule has 0 bridgehead atoms. The monoisotopic (exact) mass is 533 g/mol. The summed E-state index contributed by atoms with van der Waals surface area (Å²) in [7, 11) is 0. The predicted molar refractivity (Wildman–Crippen MR) is 141 cm³/mol. The van der Waals surface area contributed by atoms with Gasteiger partial charge in [-0.2, -0.15) is 13.2 Å². The number of anilines is 1. The van der Waals surface area contributed by atoms with Gasteiger partial charge < -0.3 is 19.2 Å². The minimum atomic E-state index is -5.01. The molecule has 1 N–H and O–H groups in total. The normalized spacial score (nSPS) is 11.5. The largest absolute Gasteiger partial charge is 0.484 e. The van der Waals surface area contributed by atoms with Crippen molar-refractivity contribution in [1.29, 1.82) is 0 Å². The maximum Gasteiger partial charge on any atom is 0.453 e. The van der Waals surface area contributed by atoms with Crippen LogP contribution in [0.25, 0.3) is 21.7 Å². The van der Waals surface area contributed by atoms with Crippen LogP contribution in [0.5, 0.6) is 17.2 Å². The summed E-state index contributed by atoms with van der Waals surface area (Å²) in [6.45, 7) is 1.56. The number of aryl methyl sites for hydroxylation is 1. The summed E-state index contributed by atoms with van der Waals surface area (Å²) in [5.41, 5.74) is 0.246. The maximum atomic E-state index is 13.9. The number of carbonyl (C=O) groups is 1. The first kappa shape index (κ1) is 25.8. The highest BCUT2D eigenvalue weighted by Crippen LogP contribution is 2.39. The minimum absolute atomic E-state index is 0.0564. The highest BCUT2D eigenvalue weighted by molar-refractivity contribution is 5.92. The number of amides is 1. The Morgan fingerprint density at radius 1 is 0.897 bits per heavy atom. The van der Waals surface area contributed by atoms with Gasteiger partial charge in [-0.05, 0) is 53.1 Å². The van der Waals surface area contributed by atoms with E-state index in [0.717, 1.165) is 28.8 Å². The lowest BCUT2D eigenvalue weighted by Gasteiger charge is -2.14. The van der Waals surface area contributed by atoms with Gasteiger partial charge in [0.25, 0.3) is 11.7 Å². The number of carbonyl (C=O) groups excluding carboxylic acids is 1. The molecule has 0 fully saturated rings. The van der Waals surface area contributed by atoms with Crippen molar-refractivity contribution in [3.8, 4) is 17.2 Å². The fraction of sp³-hybridized carbons (Fsp3) is 0.133. The van der Waals surface area contributed by atoms with Crippen LogP contribution in [0, 0.1) is 0 Å². The summed E-state index contributed by atoms with van der Waals surface area (Å²) in [6, 6.07) is 23.0. The van der Waals surface area contributed by atoms with E-state index in [4.69, 9.17) is 13.9 Å². The number of benzene rings is 4. The lowest BCUT2D eigenvalue weighted by Crippen LogP contribution is -2.21. The Bertz CT molecular complexity index is 1740. The molecule has 4 aromatic carbocycles. The van der Waals surface area contributed by atoms with Crippen molar-refractivity contribution in [3.63, 3.8) is 0 Å². The first-order chi connectivity index (χ1) is 18.7. The van der Waals surface area contributed by atoms with E-state index in [9.17, 15) is 22.8 Å². The van der Waals surface area contributed by atoms with Crippen LogP contribution in [-0.4, -0.2) is 12.5 Å². The zero-order chi connectivity index (χ0) is 27.6. The predicted octanol–water partition coefficient (Wildman–Crippen LogP) is 7.34. The SMILES string of the molecule is CCc1ccccc1NC(=O)COc1ccc2c(=O)c(Oc3ccc4ccccc4c3)c(C(F)(F)F)oc2c1. The Morgan fingerprint density at radius 3 is 2.38 bits per heavy atom. The molecule has 0 atom stereocenters. The summed E-state index contributed by atoms with van der Waals surface area (Å²) >= 11 is 0. The van der Waals surface area contributed by atoms with Crippen LogP contribution in [0.15, 0.2) is 94.1 Å². The Hall–Kier alpha value is -4.79. The molecule has 5 rings (SSSR count). The molecule has 0 saturated heterocycles. The Balaban J connectivity index is 1.42. The number of alkyl halides is 3. The Kier molecular flexibility index (Phi) is 6.98. The molecule has 0 unspecified atom stereocenters. The molecule has 1 amide bonds. The van der Waals surface area contributed by atoms with E-state index in [0.29, 0.717) is 5.69 Å². The van der Waals surface area contributed by atoms with Gasteiger partial charge in [0.2, 0.25) is 11.2 Å². The fourth-order valence-corrected chi connectivity index (χ4v) is 4.16. The number of halogens is 3. The molecule has 0 saturated carbocycles. The van der Waals surface area contributed by atoms with Gasteiger partial charge in [-0.1, -0.05) is 55.5 Å². The van der Waals surface area contributed by atoms with Crippen molar-refractivity contribution in [2.45, 2.75) is 19.5 Å². The van der Waals surface area contributed by atoms with Gasteiger partial charge in [-0.3, -0.25) is 9.59 Å². The van der Waals surface area contributed by atoms with Gasteiger partial charge in [0.15, 0.2) is 6.61 Å². The first-order valence-corrected chi connectivity index (χ1v) is 12.1. The molecule has 1 heterocycles. The third-order valence-electron chi connectivity index (χ3n) is 6.06. The molecule has 6 nitrogen and oxygen atoms in total. The average Bonchev–Trinajstić information content (AvgIpc) is 2.93. The zero-order valence-electron chi connectivity index (χ0n) is 20.7. The van der Waals surface area contributed by atoms with E-state index in [1.54, 1.807) is 36.4 Å². The van der Waals surface area contributed by atoms with E-state index in [1.165, 1.54) is 18.2 Å². The second-order valence-corrected chi connectivity index (χ2v) is 8.70. The zero-order valence-corrected chi connectivity index (χ0v) is 20.7. The summed E-state index contributed by atoms with van der Waals surface area (Å²) in [6.07, 6.45) is -4.29. The molecule has 0 aliphatic heterocycles. The Labute approximate surface area is 220 Å². The molecule has 0 radical (unpaired) electrons. The van der Waals surface area contributed by atoms with Crippen LogP contribution in [0.1, 0.15) is 18.2 Å². The van der Waals surface area contributed by atoms with Gasteiger partial charge in [0.05, 0.1) is 5.39 Å². The second-order valence-electron chi connectivity index (χ2n) is 8.70. The fourth-order valence-electron chi connectivity index (χ4n) is 4.16. The number of nitrogens with one attached hydrogen (secondary N) is 1. The lowest BCUT2D eigenvalue weighted by molar-refractivity contribution is -0.154. The van der Waals surface area contributed by atoms with Crippen LogP contribution in [0.2, 0.25) is 0 Å². The van der Waals surface area contributed by atoms with Crippen LogP contribution >= 0.6 is 0 Å². The van der Waals surface area contributed by atoms with Crippen LogP contribution in [0.3, 0.4) is 0 Å². The van der Waals surface area contributed by atoms with Crippen molar-refractivity contribution in [3.05, 3.63) is 106 Å². The molecule has 5 aromatic rings.